The number of para-hydroxylation sites is 1. The topological polar surface area (TPSA) is 64.2 Å². The lowest BCUT2D eigenvalue weighted by Gasteiger charge is -2.03. The summed E-state index contributed by atoms with van der Waals surface area (Å²) in [5, 5.41) is 3.45. The van der Waals surface area contributed by atoms with Crippen molar-refractivity contribution in [3.8, 4) is 0 Å². The van der Waals surface area contributed by atoms with Gasteiger partial charge in [0.1, 0.15) is 5.01 Å². The van der Waals surface area contributed by atoms with E-state index in [9.17, 15) is 4.79 Å². The van der Waals surface area contributed by atoms with Gasteiger partial charge in [0.25, 0.3) is 0 Å². The minimum atomic E-state index is -0.446. The number of esters is 1. The van der Waals surface area contributed by atoms with E-state index in [1.165, 1.54) is 18.4 Å². The molecule has 2 aromatic heterocycles. The number of methoxy groups -OCH3 is 2. The fourth-order valence-electron chi connectivity index (χ4n) is 2.24. The second-order valence-corrected chi connectivity index (χ2v) is 5.40. The zero-order chi connectivity index (χ0) is 15.5. The van der Waals surface area contributed by atoms with Crippen LogP contribution in [0.3, 0.4) is 0 Å². The van der Waals surface area contributed by atoms with Crippen molar-refractivity contribution in [1.29, 1.82) is 0 Å². The van der Waals surface area contributed by atoms with Crippen LogP contribution in [0.5, 0.6) is 0 Å². The third-order valence-corrected chi connectivity index (χ3v) is 4.12. The van der Waals surface area contributed by atoms with E-state index in [1.807, 2.05) is 30.5 Å². The number of thiazole rings is 1. The first-order valence-corrected chi connectivity index (χ1v) is 7.46. The van der Waals surface area contributed by atoms with Crippen molar-refractivity contribution < 1.29 is 14.3 Å². The molecule has 112 valence electrons. The highest BCUT2D eigenvalue weighted by Gasteiger charge is 2.17. The van der Waals surface area contributed by atoms with Crippen molar-refractivity contribution in [2.24, 2.45) is 0 Å². The summed E-state index contributed by atoms with van der Waals surface area (Å²) in [5.41, 5.74) is 3.12. The highest BCUT2D eigenvalue weighted by molar-refractivity contribution is 7.11. The number of benzene rings is 1. The third kappa shape index (κ3) is 2.48. The zero-order valence-electron chi connectivity index (χ0n) is 12.1. The molecule has 6 heteroatoms. The molecule has 0 bridgehead atoms. The van der Waals surface area contributed by atoms with Crippen LogP contribution in [0.4, 0.5) is 0 Å². The van der Waals surface area contributed by atoms with E-state index in [4.69, 9.17) is 9.47 Å². The maximum Gasteiger partial charge on any atom is 0.357 e. The monoisotopic (exact) mass is 314 g/mol. The van der Waals surface area contributed by atoms with Crippen LogP contribution in [-0.4, -0.2) is 30.2 Å². The molecule has 0 aliphatic rings. The predicted molar refractivity (Wildman–Crippen MR) is 85.8 cm³/mol. The fraction of sp³-hybridized carbons (Fsp3) is 0.125. The number of nitrogens with zero attached hydrogens (tertiary/aromatic N) is 1. The molecule has 0 fully saturated rings. The molecule has 1 aromatic carbocycles. The van der Waals surface area contributed by atoms with Gasteiger partial charge < -0.3 is 14.5 Å². The Labute approximate surface area is 131 Å². The van der Waals surface area contributed by atoms with Crippen molar-refractivity contribution in [2.75, 3.05) is 14.2 Å². The lowest BCUT2D eigenvalue weighted by atomic mass is 10.1. The fourth-order valence-corrected chi connectivity index (χ4v) is 3.05. The first-order valence-electron chi connectivity index (χ1n) is 6.58. The van der Waals surface area contributed by atoms with Gasteiger partial charge in [0, 0.05) is 28.0 Å². The molecule has 0 radical (unpaired) electrons. The summed E-state index contributed by atoms with van der Waals surface area (Å²) < 4.78 is 9.90. The SMILES string of the molecule is COC=C(c1nc(C(=O)OC)cs1)c1c[nH]c2ccccc12. The molecular formula is C16H14N2O3S. The van der Waals surface area contributed by atoms with Crippen LogP contribution in [0.15, 0.2) is 42.1 Å². The molecule has 0 aliphatic heterocycles. The summed E-state index contributed by atoms with van der Waals surface area (Å²) in [4.78, 5) is 19.1. The average Bonchev–Trinajstić information content (AvgIpc) is 3.19. The van der Waals surface area contributed by atoms with Gasteiger partial charge in [-0.3, -0.25) is 0 Å². The van der Waals surface area contributed by atoms with Crippen LogP contribution in [-0.2, 0) is 9.47 Å². The van der Waals surface area contributed by atoms with E-state index in [0.717, 1.165) is 22.0 Å². The highest BCUT2D eigenvalue weighted by atomic mass is 32.1. The van der Waals surface area contributed by atoms with Gasteiger partial charge in [-0.25, -0.2) is 9.78 Å². The summed E-state index contributed by atoms with van der Waals surface area (Å²) in [6.07, 6.45) is 3.55. The van der Waals surface area contributed by atoms with Crippen LogP contribution in [0, 0.1) is 0 Å². The van der Waals surface area contributed by atoms with Crippen LogP contribution in [0.2, 0.25) is 0 Å². The third-order valence-electron chi connectivity index (χ3n) is 3.24. The quantitative estimate of drug-likeness (QED) is 0.592. The Morgan fingerprint density at radius 1 is 1.32 bits per heavy atom. The molecule has 0 amide bonds. The van der Waals surface area contributed by atoms with E-state index in [-0.39, 0.29) is 0 Å². The molecule has 0 spiro atoms. The van der Waals surface area contributed by atoms with Gasteiger partial charge in [-0.2, -0.15) is 0 Å². The largest absolute Gasteiger partial charge is 0.504 e. The number of nitrogens with one attached hydrogen (secondary N) is 1. The lowest BCUT2D eigenvalue weighted by Crippen LogP contribution is -2.01. The number of H-pyrrole nitrogens is 1. The Kier molecular flexibility index (Phi) is 3.93. The lowest BCUT2D eigenvalue weighted by molar-refractivity contribution is 0.0595. The number of aromatic amines is 1. The average molecular weight is 314 g/mol. The molecule has 0 unspecified atom stereocenters. The van der Waals surface area contributed by atoms with Crippen LogP contribution in [0.1, 0.15) is 21.1 Å². The maximum absolute atomic E-state index is 11.6. The maximum atomic E-state index is 11.6. The van der Waals surface area contributed by atoms with Crippen molar-refractivity contribution in [3.63, 3.8) is 0 Å². The minimum Gasteiger partial charge on any atom is -0.504 e. The van der Waals surface area contributed by atoms with E-state index < -0.39 is 5.97 Å². The van der Waals surface area contributed by atoms with Crippen molar-refractivity contribution in [2.45, 2.75) is 0 Å². The second-order valence-electron chi connectivity index (χ2n) is 4.54. The molecule has 0 saturated heterocycles. The summed E-state index contributed by atoms with van der Waals surface area (Å²) >= 11 is 1.37. The Morgan fingerprint density at radius 3 is 2.91 bits per heavy atom. The van der Waals surface area contributed by atoms with E-state index in [0.29, 0.717) is 10.7 Å². The van der Waals surface area contributed by atoms with Crippen LogP contribution < -0.4 is 0 Å². The first kappa shape index (κ1) is 14.3. The number of ether oxygens (including phenoxy) is 2. The smallest absolute Gasteiger partial charge is 0.357 e. The van der Waals surface area contributed by atoms with Gasteiger partial charge >= 0.3 is 5.97 Å². The molecule has 0 saturated carbocycles. The standard InChI is InChI=1S/C16H14N2O3S/c1-20-8-12(15-18-14(9-22-15)16(19)21-2)11-7-17-13-6-4-3-5-10(11)13/h3-9,17H,1-2H3. The van der Waals surface area contributed by atoms with Gasteiger partial charge in [0.15, 0.2) is 5.69 Å². The number of hydrogen-bond donors (Lipinski definition) is 1. The van der Waals surface area contributed by atoms with E-state index in [1.54, 1.807) is 18.8 Å². The first-order chi connectivity index (χ1) is 10.7. The van der Waals surface area contributed by atoms with Gasteiger partial charge in [-0.05, 0) is 6.07 Å². The Morgan fingerprint density at radius 2 is 2.14 bits per heavy atom. The number of hydrogen-bond acceptors (Lipinski definition) is 5. The molecule has 3 rings (SSSR count). The van der Waals surface area contributed by atoms with Gasteiger partial charge in [0.05, 0.1) is 26.1 Å². The van der Waals surface area contributed by atoms with Gasteiger partial charge in [-0.15, -0.1) is 11.3 Å². The summed E-state index contributed by atoms with van der Waals surface area (Å²) in [5.74, 6) is -0.446. The Bertz CT molecular complexity index is 848. The molecule has 22 heavy (non-hydrogen) atoms. The summed E-state index contributed by atoms with van der Waals surface area (Å²) in [7, 11) is 2.93. The molecular weight excluding hydrogens is 300 g/mol. The van der Waals surface area contributed by atoms with Crippen molar-refractivity contribution in [1.82, 2.24) is 9.97 Å². The molecule has 1 N–H and O–H groups in total. The highest BCUT2D eigenvalue weighted by Crippen LogP contribution is 2.31. The van der Waals surface area contributed by atoms with Crippen molar-refractivity contribution >= 4 is 33.8 Å². The van der Waals surface area contributed by atoms with Gasteiger partial charge in [0.2, 0.25) is 0 Å². The molecule has 0 aliphatic carbocycles. The molecule has 2 heterocycles. The minimum absolute atomic E-state index is 0.296. The molecule has 3 aromatic rings. The molecule has 0 atom stereocenters. The number of aromatic nitrogens is 2. The Hall–Kier alpha value is -2.60. The summed E-state index contributed by atoms with van der Waals surface area (Å²) in [6.45, 7) is 0. The zero-order valence-corrected chi connectivity index (χ0v) is 12.9. The van der Waals surface area contributed by atoms with Crippen LogP contribution in [0.25, 0.3) is 16.5 Å². The van der Waals surface area contributed by atoms with Crippen LogP contribution >= 0.6 is 11.3 Å². The van der Waals surface area contributed by atoms with E-state index in [2.05, 4.69) is 9.97 Å². The predicted octanol–water partition coefficient (Wildman–Crippen LogP) is 3.45. The number of carbonyl (C=O) groups excluding carboxylic acids is 1. The van der Waals surface area contributed by atoms with Crippen molar-refractivity contribution in [3.05, 3.63) is 58.4 Å². The number of rotatable bonds is 4. The Balaban J connectivity index is 2.09. The number of carbonyl (C=O) groups is 1. The van der Waals surface area contributed by atoms with Gasteiger partial charge in [-0.1, -0.05) is 18.2 Å². The normalized spacial score (nSPS) is 11.6. The molecule has 5 nitrogen and oxygen atoms in total. The van der Waals surface area contributed by atoms with E-state index >= 15 is 0 Å². The number of fused-ring (bicyclic) bond motifs is 1. The second kappa shape index (κ2) is 6.03. The summed E-state index contributed by atoms with van der Waals surface area (Å²) in [6, 6.07) is 7.98.